The molecule has 1 aliphatic rings. The van der Waals surface area contributed by atoms with Gasteiger partial charge in [0.1, 0.15) is 0 Å². The first kappa shape index (κ1) is 10.8. The summed E-state index contributed by atoms with van der Waals surface area (Å²) in [5, 5.41) is 0. The van der Waals surface area contributed by atoms with E-state index in [2.05, 4.69) is 6.07 Å². The second kappa shape index (κ2) is 4.18. The van der Waals surface area contributed by atoms with Crippen LogP contribution in [0.2, 0.25) is 0 Å². The van der Waals surface area contributed by atoms with Crippen molar-refractivity contribution >= 4 is 17.3 Å². The van der Waals surface area contributed by atoms with Crippen LogP contribution in [0.3, 0.4) is 0 Å². The molecular weight excluding hydrogens is 226 g/mol. The first-order valence-electron chi connectivity index (χ1n) is 5.86. The molecule has 2 aromatic carbocycles. The van der Waals surface area contributed by atoms with Gasteiger partial charge in [-0.1, -0.05) is 24.3 Å². The molecule has 3 rings (SSSR count). The number of rotatable bonds is 1. The number of hydrogen-bond donors (Lipinski definition) is 0. The van der Waals surface area contributed by atoms with E-state index < -0.39 is 0 Å². The van der Waals surface area contributed by atoms with Crippen LogP contribution in [0.1, 0.15) is 15.9 Å². The molecule has 0 fully saturated rings. The maximum atomic E-state index is 11.7. The van der Waals surface area contributed by atoms with Gasteiger partial charge in [-0.2, -0.15) is 0 Å². The second-order valence-electron chi connectivity index (χ2n) is 4.35. The average molecular weight is 239 g/mol. The normalized spacial score (nSPS) is 14.1. The largest absolute Gasteiger partial charge is 0.440 e. The Balaban J connectivity index is 2.10. The van der Waals surface area contributed by atoms with E-state index in [1.54, 1.807) is 6.07 Å². The van der Waals surface area contributed by atoms with E-state index in [0.29, 0.717) is 5.56 Å². The molecule has 3 heteroatoms. The molecule has 1 aliphatic heterocycles. The van der Waals surface area contributed by atoms with E-state index in [1.165, 1.54) is 5.56 Å². The first-order valence-corrected chi connectivity index (χ1v) is 5.86. The molecule has 0 bridgehead atoms. The molecule has 0 spiro atoms. The molecular formula is C15H13NO2. The van der Waals surface area contributed by atoms with Crippen molar-refractivity contribution in [3.63, 3.8) is 0 Å². The molecule has 0 aliphatic carbocycles. The Labute approximate surface area is 106 Å². The zero-order valence-electron chi connectivity index (χ0n) is 10.1. The van der Waals surface area contributed by atoms with Crippen LogP contribution in [0.15, 0.2) is 48.5 Å². The van der Waals surface area contributed by atoms with Crippen LogP contribution in [-0.4, -0.2) is 12.7 Å². The van der Waals surface area contributed by atoms with Gasteiger partial charge in [0.2, 0.25) is 0 Å². The Morgan fingerprint density at radius 3 is 2.78 bits per heavy atom. The number of nitrogens with zero attached hydrogens (tertiary/aromatic N) is 1. The number of fused-ring (bicyclic) bond motifs is 1. The van der Waals surface area contributed by atoms with Crippen molar-refractivity contribution < 1.29 is 9.53 Å². The Bertz CT molecular complexity index is 607. The minimum Gasteiger partial charge on any atom is -0.440 e. The monoisotopic (exact) mass is 239 g/mol. The maximum Gasteiger partial charge on any atom is 0.342 e. The van der Waals surface area contributed by atoms with Crippen LogP contribution >= 0.6 is 0 Å². The van der Waals surface area contributed by atoms with Crippen LogP contribution < -0.4 is 4.90 Å². The number of carbonyl (C=O) groups is 1. The van der Waals surface area contributed by atoms with E-state index in [1.807, 2.05) is 48.2 Å². The topological polar surface area (TPSA) is 29.5 Å². The lowest BCUT2D eigenvalue weighted by Gasteiger charge is -2.30. The van der Waals surface area contributed by atoms with Crippen LogP contribution in [0, 0.1) is 6.92 Å². The van der Waals surface area contributed by atoms with Gasteiger partial charge in [-0.25, -0.2) is 4.79 Å². The number of carbonyl (C=O) groups excluding carboxylic acids is 1. The van der Waals surface area contributed by atoms with Crippen molar-refractivity contribution in [2.24, 2.45) is 0 Å². The van der Waals surface area contributed by atoms with Crippen molar-refractivity contribution in [3.05, 3.63) is 59.7 Å². The van der Waals surface area contributed by atoms with E-state index in [9.17, 15) is 4.79 Å². The van der Waals surface area contributed by atoms with Crippen molar-refractivity contribution in [3.8, 4) is 0 Å². The highest BCUT2D eigenvalue weighted by Crippen LogP contribution is 2.32. The number of benzene rings is 2. The molecule has 90 valence electrons. The molecule has 18 heavy (non-hydrogen) atoms. The molecule has 0 atom stereocenters. The van der Waals surface area contributed by atoms with Gasteiger partial charge in [-0.15, -0.1) is 0 Å². The predicted molar refractivity (Wildman–Crippen MR) is 70.0 cm³/mol. The zero-order valence-corrected chi connectivity index (χ0v) is 10.1. The minimum atomic E-state index is -0.255. The summed E-state index contributed by atoms with van der Waals surface area (Å²) in [6.45, 7) is 2.31. The summed E-state index contributed by atoms with van der Waals surface area (Å²) in [5.74, 6) is -0.255. The predicted octanol–water partition coefficient (Wildman–Crippen LogP) is 3.26. The molecule has 0 unspecified atom stereocenters. The SMILES string of the molecule is Cc1cccc(N2COC(=O)c3ccccc32)c1. The summed E-state index contributed by atoms with van der Waals surface area (Å²) < 4.78 is 5.20. The molecule has 0 saturated heterocycles. The summed E-state index contributed by atoms with van der Waals surface area (Å²) >= 11 is 0. The highest BCUT2D eigenvalue weighted by molar-refractivity contribution is 5.98. The van der Waals surface area contributed by atoms with Gasteiger partial charge in [-0.05, 0) is 36.8 Å². The summed E-state index contributed by atoms with van der Waals surface area (Å²) in [5.41, 5.74) is 3.74. The fraction of sp³-hybridized carbons (Fsp3) is 0.133. The molecule has 0 amide bonds. The molecule has 0 radical (unpaired) electrons. The lowest BCUT2D eigenvalue weighted by Crippen LogP contribution is -2.30. The molecule has 1 heterocycles. The number of hydrogen-bond acceptors (Lipinski definition) is 3. The third-order valence-corrected chi connectivity index (χ3v) is 3.05. The quantitative estimate of drug-likeness (QED) is 0.715. The standard InChI is InChI=1S/C15H13NO2/c1-11-5-4-6-12(9-11)16-10-18-15(17)13-7-2-3-8-14(13)16/h2-9H,10H2,1H3. The molecule has 0 N–H and O–H groups in total. The lowest BCUT2D eigenvalue weighted by molar-refractivity contribution is 0.0494. The van der Waals surface area contributed by atoms with E-state index in [-0.39, 0.29) is 12.7 Å². The van der Waals surface area contributed by atoms with Crippen LogP contribution in [-0.2, 0) is 4.74 Å². The van der Waals surface area contributed by atoms with Crippen molar-refractivity contribution in [2.75, 3.05) is 11.6 Å². The van der Waals surface area contributed by atoms with Gasteiger partial charge >= 0.3 is 5.97 Å². The van der Waals surface area contributed by atoms with Crippen LogP contribution in [0.25, 0.3) is 0 Å². The molecule has 3 nitrogen and oxygen atoms in total. The maximum absolute atomic E-state index is 11.7. The smallest absolute Gasteiger partial charge is 0.342 e. The van der Waals surface area contributed by atoms with Crippen LogP contribution in [0.5, 0.6) is 0 Å². The number of cyclic esters (lactones) is 1. The zero-order chi connectivity index (χ0) is 12.5. The molecule has 0 saturated carbocycles. The average Bonchev–Trinajstić information content (AvgIpc) is 2.39. The summed E-state index contributed by atoms with van der Waals surface area (Å²) in [6.07, 6.45) is 0. The minimum absolute atomic E-state index is 0.255. The Kier molecular flexibility index (Phi) is 2.52. The van der Waals surface area contributed by atoms with Gasteiger partial charge in [-0.3, -0.25) is 0 Å². The number of aryl methyl sites for hydroxylation is 1. The number of anilines is 2. The third-order valence-electron chi connectivity index (χ3n) is 3.05. The van der Waals surface area contributed by atoms with E-state index in [4.69, 9.17) is 4.74 Å². The number of ether oxygens (including phenoxy) is 1. The highest BCUT2D eigenvalue weighted by Gasteiger charge is 2.24. The highest BCUT2D eigenvalue weighted by atomic mass is 16.5. The fourth-order valence-corrected chi connectivity index (χ4v) is 2.16. The van der Waals surface area contributed by atoms with Crippen molar-refractivity contribution in [1.29, 1.82) is 0 Å². The fourth-order valence-electron chi connectivity index (χ4n) is 2.16. The van der Waals surface area contributed by atoms with Gasteiger partial charge in [0.05, 0.1) is 11.3 Å². The third kappa shape index (κ3) is 1.74. The van der Waals surface area contributed by atoms with Crippen molar-refractivity contribution in [2.45, 2.75) is 6.92 Å². The first-order chi connectivity index (χ1) is 8.75. The van der Waals surface area contributed by atoms with E-state index in [0.717, 1.165) is 11.4 Å². The Morgan fingerprint density at radius 1 is 1.11 bits per heavy atom. The van der Waals surface area contributed by atoms with E-state index >= 15 is 0 Å². The molecule has 2 aromatic rings. The number of para-hydroxylation sites is 1. The lowest BCUT2D eigenvalue weighted by atomic mass is 10.1. The van der Waals surface area contributed by atoms with Gasteiger partial charge in [0.15, 0.2) is 6.73 Å². The Morgan fingerprint density at radius 2 is 1.94 bits per heavy atom. The molecule has 0 aromatic heterocycles. The summed E-state index contributed by atoms with van der Waals surface area (Å²) in [4.78, 5) is 13.7. The summed E-state index contributed by atoms with van der Waals surface area (Å²) in [7, 11) is 0. The van der Waals surface area contributed by atoms with Crippen LogP contribution in [0.4, 0.5) is 11.4 Å². The second-order valence-corrected chi connectivity index (χ2v) is 4.35. The van der Waals surface area contributed by atoms with Gasteiger partial charge < -0.3 is 9.64 Å². The van der Waals surface area contributed by atoms with Crippen molar-refractivity contribution in [1.82, 2.24) is 0 Å². The van der Waals surface area contributed by atoms with Gasteiger partial charge in [0.25, 0.3) is 0 Å². The number of esters is 1. The summed E-state index contributed by atoms with van der Waals surface area (Å²) in [6, 6.07) is 15.7. The van der Waals surface area contributed by atoms with Gasteiger partial charge in [0, 0.05) is 5.69 Å². The Hall–Kier alpha value is -2.29.